The van der Waals surface area contributed by atoms with Crippen molar-refractivity contribution in [2.75, 3.05) is 18.4 Å². The van der Waals surface area contributed by atoms with Crippen LogP contribution in [0.2, 0.25) is 0 Å². The van der Waals surface area contributed by atoms with Crippen molar-refractivity contribution in [2.45, 2.75) is 20.3 Å². The Balaban J connectivity index is 2.50. The minimum atomic E-state index is -0.395. The molecule has 1 aromatic carbocycles. The van der Waals surface area contributed by atoms with Gasteiger partial charge in [0, 0.05) is 30.8 Å². The second-order valence-electron chi connectivity index (χ2n) is 4.93. The molecular weight excluding hydrogens is 277 g/mol. The number of carbonyl (C=O) groups excluding carboxylic acids is 1. The summed E-state index contributed by atoms with van der Waals surface area (Å²) in [5, 5.41) is 5.87. The molecule has 6 heteroatoms. The van der Waals surface area contributed by atoms with Crippen LogP contribution in [0.15, 0.2) is 18.2 Å². The Bertz CT molecular complexity index is 491. The minimum Gasteiger partial charge on any atom is -0.389 e. The van der Waals surface area contributed by atoms with E-state index in [0.717, 1.165) is 0 Å². The number of nitrogens with two attached hydrogens (primary N) is 1. The van der Waals surface area contributed by atoms with E-state index in [9.17, 15) is 9.18 Å². The molecule has 1 aromatic rings. The van der Waals surface area contributed by atoms with E-state index in [1.165, 1.54) is 12.1 Å². The summed E-state index contributed by atoms with van der Waals surface area (Å²) >= 11 is 4.87. The van der Waals surface area contributed by atoms with Crippen molar-refractivity contribution in [1.29, 1.82) is 0 Å². The first-order chi connectivity index (χ1) is 9.40. The molecule has 0 heterocycles. The van der Waals surface area contributed by atoms with Crippen LogP contribution in [0.1, 0.15) is 25.8 Å². The van der Waals surface area contributed by atoms with Crippen molar-refractivity contribution < 1.29 is 9.18 Å². The summed E-state index contributed by atoms with van der Waals surface area (Å²) in [4.78, 5) is 11.7. The maximum atomic E-state index is 13.1. The Kier molecular flexibility index (Phi) is 6.38. The molecule has 110 valence electrons. The molecule has 0 fully saturated rings. The predicted octanol–water partition coefficient (Wildman–Crippen LogP) is 2.03. The molecule has 0 radical (unpaired) electrons. The van der Waals surface area contributed by atoms with Crippen LogP contribution in [-0.2, 0) is 4.79 Å². The van der Waals surface area contributed by atoms with Crippen LogP contribution in [0, 0.1) is 11.7 Å². The van der Waals surface area contributed by atoms with E-state index in [0.29, 0.717) is 36.7 Å². The van der Waals surface area contributed by atoms with E-state index in [2.05, 4.69) is 10.6 Å². The first-order valence-electron chi connectivity index (χ1n) is 6.50. The molecule has 0 spiro atoms. The van der Waals surface area contributed by atoms with Crippen molar-refractivity contribution in [3.05, 3.63) is 29.6 Å². The van der Waals surface area contributed by atoms with Gasteiger partial charge in [0.1, 0.15) is 10.8 Å². The van der Waals surface area contributed by atoms with Gasteiger partial charge in [0.15, 0.2) is 0 Å². The molecule has 0 aromatic heterocycles. The largest absolute Gasteiger partial charge is 0.389 e. The van der Waals surface area contributed by atoms with Gasteiger partial charge in [-0.3, -0.25) is 4.79 Å². The number of benzene rings is 1. The molecule has 4 N–H and O–H groups in total. The maximum Gasteiger partial charge on any atom is 0.221 e. The first-order valence-corrected chi connectivity index (χ1v) is 6.91. The molecule has 0 atom stereocenters. The molecule has 0 aliphatic heterocycles. The van der Waals surface area contributed by atoms with Crippen molar-refractivity contribution in [3.63, 3.8) is 0 Å². The fraction of sp³-hybridized carbons (Fsp3) is 0.429. The van der Waals surface area contributed by atoms with Gasteiger partial charge in [0.25, 0.3) is 0 Å². The Labute approximate surface area is 123 Å². The third-order valence-electron chi connectivity index (χ3n) is 2.62. The van der Waals surface area contributed by atoms with Gasteiger partial charge in [-0.05, 0) is 24.1 Å². The van der Waals surface area contributed by atoms with E-state index in [4.69, 9.17) is 18.0 Å². The van der Waals surface area contributed by atoms with Crippen LogP contribution < -0.4 is 16.4 Å². The topological polar surface area (TPSA) is 67.2 Å². The monoisotopic (exact) mass is 297 g/mol. The van der Waals surface area contributed by atoms with Gasteiger partial charge in [-0.25, -0.2) is 4.39 Å². The summed E-state index contributed by atoms with van der Waals surface area (Å²) in [7, 11) is 0. The van der Waals surface area contributed by atoms with Crippen molar-refractivity contribution >= 4 is 28.8 Å². The second-order valence-corrected chi connectivity index (χ2v) is 5.37. The summed E-state index contributed by atoms with van der Waals surface area (Å²) < 4.78 is 13.1. The van der Waals surface area contributed by atoms with E-state index in [-0.39, 0.29) is 10.9 Å². The molecule has 0 aliphatic rings. The molecular formula is C14H20FN3OS. The zero-order chi connectivity index (χ0) is 15.1. The van der Waals surface area contributed by atoms with Crippen LogP contribution in [-0.4, -0.2) is 24.0 Å². The zero-order valence-electron chi connectivity index (χ0n) is 11.7. The summed E-state index contributed by atoms with van der Waals surface area (Å²) in [6.07, 6.45) is 0.334. The van der Waals surface area contributed by atoms with Crippen molar-refractivity contribution in [3.8, 4) is 0 Å². The highest BCUT2D eigenvalue weighted by atomic mass is 32.1. The third kappa shape index (κ3) is 5.52. The number of nitrogens with one attached hydrogen (secondary N) is 2. The van der Waals surface area contributed by atoms with Gasteiger partial charge < -0.3 is 16.4 Å². The third-order valence-corrected chi connectivity index (χ3v) is 2.84. The average molecular weight is 297 g/mol. The van der Waals surface area contributed by atoms with Gasteiger partial charge in [0.05, 0.1) is 0 Å². The number of amides is 1. The molecule has 1 rings (SSSR count). The van der Waals surface area contributed by atoms with Gasteiger partial charge >= 0.3 is 0 Å². The van der Waals surface area contributed by atoms with Gasteiger partial charge in [-0.15, -0.1) is 0 Å². The highest BCUT2D eigenvalue weighted by molar-refractivity contribution is 7.80. The normalized spacial score (nSPS) is 10.4. The number of hydrogen-bond donors (Lipinski definition) is 3. The van der Waals surface area contributed by atoms with E-state index in [1.807, 2.05) is 13.8 Å². The summed E-state index contributed by atoms with van der Waals surface area (Å²) in [5.41, 5.74) is 6.62. The fourth-order valence-corrected chi connectivity index (χ4v) is 1.76. The minimum absolute atomic E-state index is 0.0230. The second kappa shape index (κ2) is 7.79. The molecule has 4 nitrogen and oxygen atoms in total. The SMILES string of the molecule is CC(C)CNC(=O)CCNc1ccc(F)cc1C(N)=S. The van der Waals surface area contributed by atoms with E-state index < -0.39 is 5.82 Å². The lowest BCUT2D eigenvalue weighted by molar-refractivity contribution is -0.120. The first kappa shape index (κ1) is 16.4. The molecule has 0 bridgehead atoms. The fourth-order valence-electron chi connectivity index (χ4n) is 1.59. The maximum absolute atomic E-state index is 13.1. The van der Waals surface area contributed by atoms with Crippen LogP contribution in [0.4, 0.5) is 10.1 Å². The predicted molar refractivity (Wildman–Crippen MR) is 83.2 cm³/mol. The highest BCUT2D eigenvalue weighted by Crippen LogP contribution is 2.16. The van der Waals surface area contributed by atoms with Crippen molar-refractivity contribution in [2.24, 2.45) is 11.7 Å². The number of thiocarbonyl (C=S) groups is 1. The van der Waals surface area contributed by atoms with Crippen molar-refractivity contribution in [1.82, 2.24) is 5.32 Å². The van der Waals surface area contributed by atoms with Crippen LogP contribution in [0.3, 0.4) is 0 Å². The Morgan fingerprint density at radius 1 is 1.45 bits per heavy atom. The quantitative estimate of drug-likeness (QED) is 0.674. The van der Waals surface area contributed by atoms with E-state index in [1.54, 1.807) is 6.07 Å². The molecule has 0 unspecified atom stereocenters. The molecule has 0 saturated carbocycles. The smallest absolute Gasteiger partial charge is 0.221 e. The van der Waals surface area contributed by atoms with Gasteiger partial charge in [0.2, 0.25) is 5.91 Å². The number of halogens is 1. The number of hydrogen-bond acceptors (Lipinski definition) is 3. The van der Waals surface area contributed by atoms with E-state index >= 15 is 0 Å². The van der Waals surface area contributed by atoms with Crippen LogP contribution >= 0.6 is 12.2 Å². The lowest BCUT2D eigenvalue weighted by Crippen LogP contribution is -2.28. The molecule has 20 heavy (non-hydrogen) atoms. The lowest BCUT2D eigenvalue weighted by Gasteiger charge is -2.12. The van der Waals surface area contributed by atoms with Gasteiger partial charge in [-0.2, -0.15) is 0 Å². The Hall–Kier alpha value is -1.69. The number of carbonyl (C=O) groups is 1. The highest BCUT2D eigenvalue weighted by Gasteiger charge is 2.07. The summed E-state index contributed by atoms with van der Waals surface area (Å²) in [6.45, 7) is 5.16. The van der Waals surface area contributed by atoms with Crippen LogP contribution in [0.5, 0.6) is 0 Å². The standard InChI is InChI=1S/C14H20FN3OS/c1-9(2)8-18-13(19)5-6-17-12-4-3-10(15)7-11(12)14(16)20/h3-4,7,9,17H,5-6,8H2,1-2H3,(H2,16,20)(H,18,19). The van der Waals surface area contributed by atoms with Gasteiger partial charge in [-0.1, -0.05) is 26.1 Å². The summed E-state index contributed by atoms with van der Waals surface area (Å²) in [5.74, 6) is 0.00318. The number of anilines is 1. The van der Waals surface area contributed by atoms with Crippen LogP contribution in [0.25, 0.3) is 0 Å². The molecule has 0 aliphatic carbocycles. The Morgan fingerprint density at radius 2 is 2.15 bits per heavy atom. The Morgan fingerprint density at radius 3 is 2.75 bits per heavy atom. The summed E-state index contributed by atoms with van der Waals surface area (Å²) in [6, 6.07) is 4.17. The molecule has 0 saturated heterocycles. The zero-order valence-corrected chi connectivity index (χ0v) is 12.5. The number of rotatable bonds is 7. The lowest BCUT2D eigenvalue weighted by atomic mass is 10.1. The average Bonchev–Trinajstić information content (AvgIpc) is 2.37. The molecule has 1 amide bonds.